The Kier molecular flexibility index (Phi) is 5.15. The summed E-state index contributed by atoms with van der Waals surface area (Å²) < 4.78 is 5.46. The predicted octanol–water partition coefficient (Wildman–Crippen LogP) is 2.32. The van der Waals surface area contributed by atoms with E-state index in [1.165, 1.54) is 6.07 Å². The maximum atomic E-state index is 11.6. The maximum absolute atomic E-state index is 11.6. The van der Waals surface area contributed by atoms with Gasteiger partial charge in [-0.2, -0.15) is 0 Å². The van der Waals surface area contributed by atoms with Crippen LogP contribution in [0, 0.1) is 6.92 Å². The average Bonchev–Trinajstić information content (AvgIpc) is 2.32. The van der Waals surface area contributed by atoms with Gasteiger partial charge < -0.3 is 4.74 Å². The quantitative estimate of drug-likeness (QED) is 0.488. The lowest BCUT2D eigenvalue weighted by molar-refractivity contribution is -0.136. The van der Waals surface area contributed by atoms with Gasteiger partial charge >= 0.3 is 11.9 Å². The van der Waals surface area contributed by atoms with Gasteiger partial charge in [-0.15, -0.1) is 0 Å². The molecule has 0 radical (unpaired) electrons. The number of carbonyl (C=O) groups is 2. The lowest BCUT2D eigenvalue weighted by Crippen LogP contribution is -2.16. The molecule has 5 nitrogen and oxygen atoms in total. The number of hydrogen-bond donors (Lipinski definition) is 0. The minimum Gasteiger partial charge on any atom is -0.388 e. The first-order valence-electron chi connectivity index (χ1n) is 5.24. The molecule has 0 atom stereocenters. The van der Waals surface area contributed by atoms with Gasteiger partial charge in [0.1, 0.15) is 5.69 Å². The monoisotopic (exact) mass is 312 g/mol. The Morgan fingerprint density at radius 1 is 1.44 bits per heavy atom. The van der Waals surface area contributed by atoms with Gasteiger partial charge in [-0.25, -0.2) is 9.78 Å². The highest BCUT2D eigenvalue weighted by molar-refractivity contribution is 9.10. The van der Waals surface area contributed by atoms with Crippen LogP contribution in [0.2, 0.25) is 0 Å². The number of hydrogen-bond acceptors (Lipinski definition) is 5. The van der Waals surface area contributed by atoms with Crippen LogP contribution in [-0.4, -0.2) is 29.7 Å². The highest BCUT2D eigenvalue weighted by Crippen LogP contribution is 2.14. The molecular weight excluding hydrogens is 300 g/mol. The smallest absolute Gasteiger partial charge is 0.364 e. The first kappa shape index (κ1) is 14.5. The number of pyridine rings is 1. The summed E-state index contributed by atoms with van der Waals surface area (Å²) in [5.41, 5.74) is 1.37. The second-order valence-electron chi connectivity index (χ2n) is 3.66. The number of carbonyl (C=O) groups excluding carboxylic acids is 2. The Hall–Kier alpha value is -1.56. The third-order valence-corrected chi connectivity index (χ3v) is 3.06. The van der Waals surface area contributed by atoms with E-state index in [9.17, 15) is 9.59 Å². The van der Waals surface area contributed by atoms with Gasteiger partial charge in [-0.05, 0) is 41.9 Å². The Morgan fingerprint density at radius 3 is 2.67 bits per heavy atom. The summed E-state index contributed by atoms with van der Waals surface area (Å²) in [6.07, 6.45) is -0.00223. The number of aromatic nitrogens is 1. The Morgan fingerprint density at radius 2 is 2.11 bits per heavy atom. The lowest BCUT2D eigenvalue weighted by atomic mass is 10.3. The minimum absolute atomic E-state index is 0.00223. The van der Waals surface area contributed by atoms with E-state index in [0.29, 0.717) is 11.4 Å². The van der Waals surface area contributed by atoms with E-state index in [1.54, 1.807) is 27.0 Å². The van der Waals surface area contributed by atoms with E-state index in [-0.39, 0.29) is 12.1 Å². The Balaban J connectivity index is 2.71. The molecule has 1 aromatic rings. The number of aryl methyl sites for hydroxylation is 1. The van der Waals surface area contributed by atoms with Crippen molar-refractivity contribution < 1.29 is 14.3 Å². The summed E-state index contributed by atoms with van der Waals surface area (Å²) in [5, 5.41) is 0. The molecular formula is C12H13BrN2O3. The molecule has 96 valence electrons. The highest BCUT2D eigenvalue weighted by Gasteiger charge is 2.15. The first-order valence-corrected chi connectivity index (χ1v) is 6.03. The second kappa shape index (κ2) is 6.39. The number of aliphatic imine (C=N–C) groups is 1. The maximum Gasteiger partial charge on any atom is 0.364 e. The van der Waals surface area contributed by atoms with Crippen LogP contribution in [-0.2, 0) is 9.53 Å². The third kappa shape index (κ3) is 4.03. The summed E-state index contributed by atoms with van der Waals surface area (Å²) >= 11 is 3.27. The number of esters is 2. The fourth-order valence-corrected chi connectivity index (χ4v) is 1.36. The van der Waals surface area contributed by atoms with Crippen molar-refractivity contribution in [1.82, 2.24) is 4.98 Å². The summed E-state index contributed by atoms with van der Waals surface area (Å²) in [6, 6.07) is 3.18. The van der Waals surface area contributed by atoms with Crippen molar-refractivity contribution in [2.24, 2.45) is 4.99 Å². The van der Waals surface area contributed by atoms with Crippen molar-refractivity contribution in [2.45, 2.75) is 20.3 Å². The zero-order valence-corrected chi connectivity index (χ0v) is 11.9. The van der Waals surface area contributed by atoms with Crippen LogP contribution in [0.3, 0.4) is 0 Å². The molecule has 0 fully saturated rings. The number of halogens is 1. The van der Waals surface area contributed by atoms with E-state index in [4.69, 9.17) is 0 Å². The van der Waals surface area contributed by atoms with Crippen LogP contribution in [0.5, 0.6) is 0 Å². The molecule has 1 heterocycles. The largest absolute Gasteiger partial charge is 0.388 e. The van der Waals surface area contributed by atoms with Crippen LogP contribution in [0.15, 0.2) is 21.6 Å². The molecule has 0 unspecified atom stereocenters. The van der Waals surface area contributed by atoms with E-state index >= 15 is 0 Å². The Labute approximate surface area is 113 Å². The summed E-state index contributed by atoms with van der Waals surface area (Å²) in [5.74, 6) is -1.38. The van der Waals surface area contributed by atoms with Crippen LogP contribution >= 0.6 is 15.9 Å². The molecule has 0 saturated carbocycles. The van der Waals surface area contributed by atoms with Gasteiger partial charge in [0.25, 0.3) is 0 Å². The third-order valence-electron chi connectivity index (χ3n) is 2.22. The van der Waals surface area contributed by atoms with E-state index in [0.717, 1.165) is 4.47 Å². The van der Waals surface area contributed by atoms with Gasteiger partial charge in [0.2, 0.25) is 0 Å². The Bertz CT molecular complexity index is 512. The van der Waals surface area contributed by atoms with Gasteiger partial charge in [0.05, 0.1) is 12.1 Å². The lowest BCUT2D eigenvalue weighted by Gasteiger charge is -2.04. The highest BCUT2D eigenvalue weighted by atomic mass is 79.9. The topological polar surface area (TPSA) is 68.6 Å². The van der Waals surface area contributed by atoms with Crippen molar-refractivity contribution in [2.75, 3.05) is 7.05 Å². The molecule has 6 heteroatoms. The molecule has 0 bridgehead atoms. The minimum atomic E-state index is -0.750. The average molecular weight is 313 g/mol. The van der Waals surface area contributed by atoms with Crippen molar-refractivity contribution >= 4 is 33.6 Å². The molecule has 0 aliphatic rings. The molecule has 0 aliphatic heterocycles. The molecule has 0 aromatic carbocycles. The summed E-state index contributed by atoms with van der Waals surface area (Å²) in [7, 11) is 1.57. The molecule has 1 aromatic heterocycles. The van der Waals surface area contributed by atoms with Gasteiger partial charge in [-0.3, -0.25) is 9.79 Å². The van der Waals surface area contributed by atoms with Gasteiger partial charge in [0.15, 0.2) is 0 Å². The van der Waals surface area contributed by atoms with E-state index in [2.05, 4.69) is 30.6 Å². The predicted molar refractivity (Wildman–Crippen MR) is 70.7 cm³/mol. The normalized spacial score (nSPS) is 11.2. The molecule has 0 spiro atoms. The fraction of sp³-hybridized carbons (Fsp3) is 0.333. The van der Waals surface area contributed by atoms with E-state index < -0.39 is 11.9 Å². The zero-order chi connectivity index (χ0) is 13.7. The number of rotatable bonds is 3. The van der Waals surface area contributed by atoms with Crippen LogP contribution in [0.1, 0.15) is 29.5 Å². The van der Waals surface area contributed by atoms with Crippen molar-refractivity contribution in [3.8, 4) is 0 Å². The summed E-state index contributed by atoms with van der Waals surface area (Å²) in [4.78, 5) is 30.9. The summed E-state index contributed by atoms with van der Waals surface area (Å²) in [6.45, 7) is 3.43. The molecule has 0 saturated heterocycles. The number of nitrogens with zero attached hydrogens (tertiary/aromatic N) is 2. The van der Waals surface area contributed by atoms with Crippen molar-refractivity contribution in [1.29, 1.82) is 0 Å². The molecule has 0 N–H and O–H groups in total. The first-order chi connectivity index (χ1) is 8.43. The standard InChI is InChI=1S/C12H13BrN2O3/c1-7(14-3)6-11(16)18-12(17)10-5-4-9(13)8(2)15-10/h4-5H,6H2,1-3H3. The van der Waals surface area contributed by atoms with Crippen LogP contribution in [0.4, 0.5) is 0 Å². The molecule has 0 aliphatic carbocycles. The van der Waals surface area contributed by atoms with Crippen molar-refractivity contribution in [3.05, 3.63) is 28.0 Å². The second-order valence-corrected chi connectivity index (χ2v) is 4.52. The van der Waals surface area contributed by atoms with Gasteiger partial charge in [0, 0.05) is 17.2 Å². The van der Waals surface area contributed by atoms with E-state index in [1.807, 2.05) is 0 Å². The zero-order valence-electron chi connectivity index (χ0n) is 10.4. The van der Waals surface area contributed by atoms with Gasteiger partial charge in [-0.1, -0.05) is 0 Å². The fourth-order valence-electron chi connectivity index (χ4n) is 1.14. The SMILES string of the molecule is CN=C(C)CC(=O)OC(=O)c1ccc(Br)c(C)n1. The molecule has 18 heavy (non-hydrogen) atoms. The molecule has 1 rings (SSSR count). The van der Waals surface area contributed by atoms with Crippen LogP contribution < -0.4 is 0 Å². The number of ether oxygens (including phenoxy) is 1. The molecule has 0 amide bonds. The van der Waals surface area contributed by atoms with Crippen LogP contribution in [0.25, 0.3) is 0 Å². The van der Waals surface area contributed by atoms with Crippen molar-refractivity contribution in [3.63, 3.8) is 0 Å².